The van der Waals surface area contributed by atoms with Gasteiger partial charge >= 0.3 is 0 Å². The number of nitrogens with one attached hydrogen (secondary N) is 1. The van der Waals surface area contributed by atoms with Gasteiger partial charge in [0.15, 0.2) is 0 Å². The Morgan fingerprint density at radius 2 is 1.33 bits per heavy atom. The van der Waals surface area contributed by atoms with Gasteiger partial charge in [0.25, 0.3) is 0 Å². The van der Waals surface area contributed by atoms with E-state index in [-0.39, 0.29) is 17.9 Å². The van der Waals surface area contributed by atoms with Crippen molar-refractivity contribution in [2.24, 2.45) is 5.92 Å². The Morgan fingerprint density at radius 1 is 0.875 bits per heavy atom. The van der Waals surface area contributed by atoms with Crippen LogP contribution in [-0.2, 0) is 4.79 Å². The van der Waals surface area contributed by atoms with Crippen LogP contribution in [-0.4, -0.2) is 20.0 Å². The summed E-state index contributed by atoms with van der Waals surface area (Å²) in [5.74, 6) is 0.310. The summed E-state index contributed by atoms with van der Waals surface area (Å²) in [7, 11) is -1.83. The average Bonchev–Trinajstić information content (AvgIpc) is 2.82. The van der Waals surface area contributed by atoms with Crippen LogP contribution >= 0.6 is 0 Å². The molecule has 2 aromatic carbocycles. The fraction of sp³-hybridized carbons (Fsp3) is 0.381. The van der Waals surface area contributed by atoms with Crippen molar-refractivity contribution in [1.82, 2.24) is 5.32 Å². The molecule has 3 heteroatoms. The molecule has 1 fully saturated rings. The third kappa shape index (κ3) is 2.93. The number of benzene rings is 2. The van der Waals surface area contributed by atoms with Crippen LogP contribution < -0.4 is 5.32 Å². The monoisotopic (exact) mass is 337 g/mol. The van der Waals surface area contributed by atoms with Crippen molar-refractivity contribution in [3.05, 3.63) is 71.8 Å². The van der Waals surface area contributed by atoms with E-state index in [0.717, 1.165) is 0 Å². The molecule has 2 nitrogen and oxygen atoms in total. The lowest BCUT2D eigenvalue weighted by atomic mass is 10.0. The maximum Gasteiger partial charge on any atom is 0.223 e. The molecule has 1 heterocycles. The van der Waals surface area contributed by atoms with Gasteiger partial charge in [0.05, 0.1) is 8.07 Å². The average molecular weight is 338 g/mol. The molecule has 2 aromatic rings. The lowest BCUT2D eigenvalue weighted by molar-refractivity contribution is -0.122. The quantitative estimate of drug-likeness (QED) is 0.812. The highest BCUT2D eigenvalue weighted by atomic mass is 28.3. The second-order valence-electron chi connectivity index (χ2n) is 7.69. The van der Waals surface area contributed by atoms with Crippen molar-refractivity contribution >= 4 is 14.0 Å². The van der Waals surface area contributed by atoms with Crippen molar-refractivity contribution < 1.29 is 4.79 Å². The maximum atomic E-state index is 12.2. The van der Waals surface area contributed by atoms with Crippen molar-refractivity contribution in [3.63, 3.8) is 0 Å². The van der Waals surface area contributed by atoms with Crippen molar-refractivity contribution in [2.45, 2.75) is 44.1 Å². The van der Waals surface area contributed by atoms with E-state index in [9.17, 15) is 4.79 Å². The van der Waals surface area contributed by atoms with E-state index in [1.54, 1.807) is 0 Å². The number of carbonyl (C=O) groups is 1. The van der Waals surface area contributed by atoms with E-state index >= 15 is 0 Å². The molecule has 0 bridgehead atoms. The number of amides is 1. The van der Waals surface area contributed by atoms with Gasteiger partial charge in [-0.15, -0.1) is 0 Å². The van der Waals surface area contributed by atoms with Gasteiger partial charge in [-0.2, -0.15) is 0 Å². The minimum absolute atomic E-state index is 0.0941. The predicted octanol–water partition coefficient (Wildman–Crippen LogP) is 4.59. The van der Waals surface area contributed by atoms with Gasteiger partial charge < -0.3 is 5.32 Å². The molecule has 0 saturated carbocycles. The van der Waals surface area contributed by atoms with Gasteiger partial charge in [0.2, 0.25) is 5.91 Å². The smallest absolute Gasteiger partial charge is 0.223 e. The molecule has 1 aliphatic heterocycles. The van der Waals surface area contributed by atoms with E-state index in [1.807, 2.05) is 0 Å². The van der Waals surface area contributed by atoms with E-state index < -0.39 is 8.07 Å². The summed E-state index contributed by atoms with van der Waals surface area (Å²) in [5.41, 5.74) is 3.57. The third-order valence-corrected chi connectivity index (χ3v) is 10.6. The minimum Gasteiger partial charge on any atom is -0.353 e. The molecule has 0 unspecified atom stereocenters. The Labute approximate surface area is 146 Å². The second-order valence-corrected chi connectivity index (χ2v) is 12.6. The molecule has 0 radical (unpaired) electrons. The molecule has 24 heavy (non-hydrogen) atoms. The fourth-order valence-electron chi connectivity index (χ4n) is 4.87. The van der Waals surface area contributed by atoms with Crippen LogP contribution in [0, 0.1) is 5.92 Å². The van der Waals surface area contributed by atoms with Crippen LogP contribution in [0.15, 0.2) is 60.7 Å². The Morgan fingerprint density at radius 3 is 1.71 bits per heavy atom. The standard InChI is InChI=1S/C21H27NOSi/c1-15-19(16(2)22-21(15)23)24(3,4)20(17-11-7-5-8-12-17)18-13-9-6-10-14-18/h5-16,19-20H,1-4H3,(H,22,23)/t15-,16+,19-/m1/s1. The van der Waals surface area contributed by atoms with Gasteiger partial charge in [-0.05, 0) is 23.6 Å². The first-order valence-electron chi connectivity index (χ1n) is 8.83. The largest absolute Gasteiger partial charge is 0.353 e. The predicted molar refractivity (Wildman–Crippen MR) is 103 cm³/mol. The molecular formula is C21H27NOSi. The van der Waals surface area contributed by atoms with Crippen LogP contribution in [0.5, 0.6) is 0 Å². The Hall–Kier alpha value is -1.87. The topological polar surface area (TPSA) is 29.1 Å². The lowest BCUT2D eigenvalue weighted by Crippen LogP contribution is -2.46. The van der Waals surface area contributed by atoms with E-state index in [1.165, 1.54) is 11.1 Å². The summed E-state index contributed by atoms with van der Waals surface area (Å²) < 4.78 is 0. The third-order valence-electron chi connectivity index (χ3n) is 5.73. The zero-order valence-corrected chi connectivity index (χ0v) is 16.0. The lowest BCUT2D eigenvalue weighted by Gasteiger charge is -2.41. The molecule has 0 aliphatic carbocycles. The summed E-state index contributed by atoms with van der Waals surface area (Å²) in [6.07, 6.45) is 0. The van der Waals surface area contributed by atoms with Gasteiger partial charge in [-0.25, -0.2) is 0 Å². The van der Waals surface area contributed by atoms with Crippen LogP contribution in [0.3, 0.4) is 0 Å². The Kier molecular flexibility index (Phi) is 4.64. The summed E-state index contributed by atoms with van der Waals surface area (Å²) in [4.78, 5) is 12.2. The first kappa shape index (κ1) is 17.0. The molecule has 3 atom stereocenters. The normalized spacial score (nSPS) is 24.2. The summed E-state index contributed by atoms with van der Waals surface area (Å²) in [5, 5.41) is 3.18. The van der Waals surface area contributed by atoms with Crippen molar-refractivity contribution in [3.8, 4) is 0 Å². The first-order valence-corrected chi connectivity index (χ1v) is 12.0. The summed E-state index contributed by atoms with van der Waals surface area (Å²) >= 11 is 0. The zero-order chi connectivity index (χ0) is 17.3. The SMILES string of the molecule is C[C@@H]1NC(=O)[C@H](C)[C@H]1[Si](C)(C)C(c1ccccc1)c1ccccc1. The van der Waals surface area contributed by atoms with Crippen LogP contribution in [0.1, 0.15) is 30.5 Å². The first-order chi connectivity index (χ1) is 11.4. The highest BCUT2D eigenvalue weighted by molar-refractivity contribution is 6.81. The van der Waals surface area contributed by atoms with E-state index in [0.29, 0.717) is 11.1 Å². The molecule has 0 spiro atoms. The highest BCUT2D eigenvalue weighted by Gasteiger charge is 2.50. The van der Waals surface area contributed by atoms with Gasteiger partial charge in [-0.1, -0.05) is 80.7 Å². The molecule has 126 valence electrons. The molecule has 1 amide bonds. The Balaban J connectivity index is 2.10. The summed E-state index contributed by atoms with van der Waals surface area (Å²) in [6, 6.07) is 21.9. The fourth-order valence-corrected chi connectivity index (χ4v) is 10.2. The van der Waals surface area contributed by atoms with Crippen LogP contribution in [0.2, 0.25) is 18.6 Å². The number of rotatable bonds is 4. The van der Waals surface area contributed by atoms with Crippen molar-refractivity contribution in [1.29, 1.82) is 0 Å². The van der Waals surface area contributed by atoms with E-state index in [4.69, 9.17) is 0 Å². The molecule has 1 saturated heterocycles. The molecular weight excluding hydrogens is 310 g/mol. The number of carbonyl (C=O) groups excluding carboxylic acids is 1. The summed E-state index contributed by atoms with van der Waals surface area (Å²) in [6.45, 7) is 9.18. The van der Waals surface area contributed by atoms with Gasteiger partial charge in [0.1, 0.15) is 0 Å². The molecule has 1 N–H and O–H groups in total. The highest BCUT2D eigenvalue weighted by Crippen LogP contribution is 2.47. The number of hydrogen-bond donors (Lipinski definition) is 1. The van der Waals surface area contributed by atoms with Crippen molar-refractivity contribution in [2.75, 3.05) is 0 Å². The number of hydrogen-bond acceptors (Lipinski definition) is 1. The van der Waals surface area contributed by atoms with Crippen LogP contribution in [0.25, 0.3) is 0 Å². The van der Waals surface area contributed by atoms with Crippen LogP contribution in [0.4, 0.5) is 0 Å². The van der Waals surface area contributed by atoms with Gasteiger partial charge in [-0.3, -0.25) is 4.79 Å². The maximum absolute atomic E-state index is 12.2. The minimum atomic E-state index is -1.83. The Bertz CT molecular complexity index is 659. The van der Waals surface area contributed by atoms with E-state index in [2.05, 4.69) is 92.9 Å². The second kappa shape index (κ2) is 6.56. The molecule has 1 aliphatic rings. The zero-order valence-electron chi connectivity index (χ0n) is 15.0. The molecule has 3 rings (SSSR count). The molecule has 0 aromatic heterocycles. The van der Waals surface area contributed by atoms with Gasteiger partial charge in [0, 0.05) is 17.5 Å².